The lowest BCUT2D eigenvalue weighted by Crippen LogP contribution is -2.10. The Labute approximate surface area is 116 Å². The average Bonchev–Trinajstić information content (AvgIpc) is 2.94. The van der Waals surface area contributed by atoms with Gasteiger partial charge in [0.2, 0.25) is 0 Å². The zero-order valence-corrected chi connectivity index (χ0v) is 11.3. The molecule has 3 aromatic rings. The van der Waals surface area contributed by atoms with Crippen LogP contribution in [0, 0.1) is 0 Å². The van der Waals surface area contributed by atoms with Crippen molar-refractivity contribution in [2.24, 2.45) is 0 Å². The first-order chi connectivity index (χ1) is 9.81. The number of hydrogen-bond acceptors (Lipinski definition) is 4. The van der Waals surface area contributed by atoms with Gasteiger partial charge in [-0.15, -0.1) is 0 Å². The molecule has 2 heterocycles. The Morgan fingerprint density at radius 3 is 2.85 bits per heavy atom. The largest absolute Gasteiger partial charge is 0.382 e. The third-order valence-electron chi connectivity index (χ3n) is 3.29. The monoisotopic (exact) mass is 268 g/mol. The second-order valence-electron chi connectivity index (χ2n) is 4.65. The Morgan fingerprint density at radius 1 is 1.15 bits per heavy atom. The number of nitrogens with zero attached hydrogens (tertiary/aromatic N) is 4. The summed E-state index contributed by atoms with van der Waals surface area (Å²) < 4.78 is 1.83. The second-order valence-corrected chi connectivity index (χ2v) is 4.65. The Bertz CT molecular complexity index is 717. The lowest BCUT2D eigenvalue weighted by atomic mass is 10.0. The first kappa shape index (κ1) is 12.7. The number of hydrogen-bond donors (Lipinski definition) is 1. The number of aliphatic hydroxyl groups excluding tert-OH is 1. The van der Waals surface area contributed by atoms with Crippen LogP contribution in [-0.4, -0.2) is 24.9 Å². The molecule has 0 saturated heterocycles. The van der Waals surface area contributed by atoms with Gasteiger partial charge >= 0.3 is 0 Å². The molecular formula is C15H16N4O. The fourth-order valence-electron chi connectivity index (χ4n) is 2.37. The molecule has 0 amide bonds. The van der Waals surface area contributed by atoms with Crippen molar-refractivity contribution in [2.75, 3.05) is 0 Å². The highest BCUT2D eigenvalue weighted by atomic mass is 16.3. The van der Waals surface area contributed by atoms with E-state index in [4.69, 9.17) is 0 Å². The summed E-state index contributed by atoms with van der Waals surface area (Å²) >= 11 is 0. The molecule has 0 bridgehead atoms. The van der Waals surface area contributed by atoms with Gasteiger partial charge < -0.3 is 5.11 Å². The van der Waals surface area contributed by atoms with E-state index >= 15 is 0 Å². The Balaban J connectivity index is 2.08. The lowest BCUT2D eigenvalue weighted by Gasteiger charge is -2.14. The summed E-state index contributed by atoms with van der Waals surface area (Å²) in [6, 6.07) is 7.50. The second kappa shape index (κ2) is 5.38. The minimum Gasteiger partial charge on any atom is -0.382 e. The van der Waals surface area contributed by atoms with Crippen molar-refractivity contribution < 1.29 is 5.11 Å². The fraction of sp³-hybridized carbons (Fsp3) is 0.267. The summed E-state index contributed by atoms with van der Waals surface area (Å²) in [6.07, 6.45) is 5.23. The first-order valence-corrected chi connectivity index (χ1v) is 6.70. The molecule has 5 heteroatoms. The van der Waals surface area contributed by atoms with Crippen LogP contribution in [0.3, 0.4) is 0 Å². The van der Waals surface area contributed by atoms with E-state index in [1.54, 1.807) is 18.6 Å². The molecule has 0 fully saturated rings. The molecule has 0 spiro atoms. The average molecular weight is 268 g/mol. The number of benzene rings is 1. The van der Waals surface area contributed by atoms with E-state index in [1.807, 2.05) is 28.9 Å². The molecule has 1 aromatic carbocycles. The first-order valence-electron chi connectivity index (χ1n) is 6.70. The molecule has 0 radical (unpaired) electrons. The van der Waals surface area contributed by atoms with Gasteiger partial charge in [-0.05, 0) is 18.6 Å². The van der Waals surface area contributed by atoms with E-state index in [0.717, 1.165) is 35.3 Å². The van der Waals surface area contributed by atoms with Crippen LogP contribution in [0.25, 0.3) is 11.0 Å². The molecule has 1 unspecified atom stereocenters. The van der Waals surface area contributed by atoms with E-state index in [-0.39, 0.29) is 0 Å². The van der Waals surface area contributed by atoms with Gasteiger partial charge in [-0.1, -0.05) is 19.1 Å². The number of rotatable bonds is 4. The smallest absolute Gasteiger partial charge is 0.123 e. The number of aromatic nitrogens is 4. The van der Waals surface area contributed by atoms with Crippen LogP contribution in [0.5, 0.6) is 0 Å². The van der Waals surface area contributed by atoms with Gasteiger partial charge in [-0.3, -0.25) is 14.6 Å². The van der Waals surface area contributed by atoms with Crippen molar-refractivity contribution in [3.8, 4) is 0 Å². The van der Waals surface area contributed by atoms with Crippen LogP contribution in [0.1, 0.15) is 30.7 Å². The zero-order valence-electron chi connectivity index (χ0n) is 11.3. The number of aryl methyl sites for hydroxylation is 1. The molecule has 2 aromatic heterocycles. The predicted octanol–water partition coefficient (Wildman–Crippen LogP) is 2.32. The van der Waals surface area contributed by atoms with E-state index in [0.29, 0.717) is 0 Å². The van der Waals surface area contributed by atoms with Gasteiger partial charge in [0.05, 0.1) is 16.7 Å². The molecule has 1 N–H and O–H groups in total. The van der Waals surface area contributed by atoms with Gasteiger partial charge in [0.1, 0.15) is 6.10 Å². The van der Waals surface area contributed by atoms with Crippen molar-refractivity contribution in [3.63, 3.8) is 0 Å². The number of para-hydroxylation sites is 1. The molecule has 102 valence electrons. The number of fused-ring (bicyclic) bond motifs is 1. The van der Waals surface area contributed by atoms with Gasteiger partial charge in [0.15, 0.2) is 0 Å². The molecule has 0 aliphatic heterocycles. The summed E-state index contributed by atoms with van der Waals surface area (Å²) in [7, 11) is 0. The highest BCUT2D eigenvalue weighted by Crippen LogP contribution is 2.26. The summed E-state index contributed by atoms with van der Waals surface area (Å²) in [4.78, 5) is 8.60. The maximum Gasteiger partial charge on any atom is 0.123 e. The third kappa shape index (κ3) is 2.16. The summed E-state index contributed by atoms with van der Waals surface area (Å²) in [5.74, 6) is 0. The van der Waals surface area contributed by atoms with Crippen LogP contribution in [0.15, 0.2) is 42.9 Å². The highest BCUT2D eigenvalue weighted by molar-refractivity contribution is 5.78. The molecule has 0 saturated carbocycles. The Kier molecular flexibility index (Phi) is 3.43. The normalized spacial score (nSPS) is 12.7. The standard InChI is InChI=1S/C15H16N4O/c1-2-10-19-13(6-7-18-19)15(20)11-4-3-5-12-14(11)17-9-8-16-12/h3-9,15,20H,2,10H2,1H3. The summed E-state index contributed by atoms with van der Waals surface area (Å²) in [5.41, 5.74) is 3.05. The molecule has 3 rings (SSSR count). The van der Waals surface area contributed by atoms with E-state index < -0.39 is 6.10 Å². The van der Waals surface area contributed by atoms with Crippen LogP contribution in [0.2, 0.25) is 0 Å². The van der Waals surface area contributed by atoms with Crippen molar-refractivity contribution >= 4 is 11.0 Å². The maximum atomic E-state index is 10.7. The molecule has 5 nitrogen and oxygen atoms in total. The van der Waals surface area contributed by atoms with Crippen molar-refractivity contribution in [1.82, 2.24) is 19.7 Å². The van der Waals surface area contributed by atoms with Gasteiger partial charge in [-0.25, -0.2) is 0 Å². The molecular weight excluding hydrogens is 252 g/mol. The zero-order chi connectivity index (χ0) is 13.9. The SMILES string of the molecule is CCCn1nccc1C(O)c1cccc2nccnc12. The van der Waals surface area contributed by atoms with Crippen molar-refractivity contribution in [3.05, 3.63) is 54.1 Å². The molecule has 0 aliphatic rings. The Morgan fingerprint density at radius 2 is 2.00 bits per heavy atom. The maximum absolute atomic E-state index is 10.7. The molecule has 0 aliphatic carbocycles. The quantitative estimate of drug-likeness (QED) is 0.788. The van der Waals surface area contributed by atoms with E-state index in [1.165, 1.54) is 0 Å². The van der Waals surface area contributed by atoms with Gasteiger partial charge in [0, 0.05) is 30.7 Å². The number of aliphatic hydroxyl groups is 1. The van der Waals surface area contributed by atoms with E-state index in [2.05, 4.69) is 22.0 Å². The predicted molar refractivity (Wildman–Crippen MR) is 76.1 cm³/mol. The summed E-state index contributed by atoms with van der Waals surface area (Å²) in [5, 5.41) is 14.9. The molecule has 1 atom stereocenters. The van der Waals surface area contributed by atoms with Crippen LogP contribution < -0.4 is 0 Å². The van der Waals surface area contributed by atoms with Crippen LogP contribution in [-0.2, 0) is 6.54 Å². The highest BCUT2D eigenvalue weighted by Gasteiger charge is 2.18. The molecule has 20 heavy (non-hydrogen) atoms. The van der Waals surface area contributed by atoms with Crippen molar-refractivity contribution in [1.29, 1.82) is 0 Å². The topological polar surface area (TPSA) is 63.8 Å². The Hall–Kier alpha value is -2.27. The van der Waals surface area contributed by atoms with Crippen molar-refractivity contribution in [2.45, 2.75) is 26.0 Å². The minimum absolute atomic E-state index is 0.728. The third-order valence-corrected chi connectivity index (χ3v) is 3.29. The van der Waals surface area contributed by atoms with Crippen LogP contribution in [0.4, 0.5) is 0 Å². The van der Waals surface area contributed by atoms with E-state index in [9.17, 15) is 5.11 Å². The van der Waals surface area contributed by atoms with Gasteiger partial charge in [0.25, 0.3) is 0 Å². The summed E-state index contributed by atoms with van der Waals surface area (Å²) in [6.45, 7) is 2.87. The lowest BCUT2D eigenvalue weighted by molar-refractivity contribution is 0.208. The van der Waals surface area contributed by atoms with Gasteiger partial charge in [-0.2, -0.15) is 5.10 Å². The fourth-order valence-corrected chi connectivity index (χ4v) is 2.37. The van der Waals surface area contributed by atoms with Crippen LogP contribution >= 0.6 is 0 Å². The minimum atomic E-state index is -0.746.